The third-order valence-electron chi connectivity index (χ3n) is 3.44. The molecule has 0 saturated carbocycles. The van der Waals surface area contributed by atoms with Gasteiger partial charge in [0.15, 0.2) is 5.78 Å². The number of benzene rings is 2. The molecule has 2 aromatic carbocycles. The maximum absolute atomic E-state index is 12.8. The summed E-state index contributed by atoms with van der Waals surface area (Å²) < 4.78 is 12.8. The van der Waals surface area contributed by atoms with Crippen molar-refractivity contribution in [2.75, 3.05) is 0 Å². The van der Waals surface area contributed by atoms with E-state index in [0.717, 1.165) is 5.56 Å². The summed E-state index contributed by atoms with van der Waals surface area (Å²) in [5.41, 5.74) is 1.31. The fourth-order valence-corrected chi connectivity index (χ4v) is 2.06. The molecule has 2 rings (SSSR count). The first-order chi connectivity index (χ1) is 11.5. The van der Waals surface area contributed by atoms with Crippen molar-refractivity contribution in [2.24, 2.45) is 0 Å². The summed E-state index contributed by atoms with van der Waals surface area (Å²) in [6, 6.07) is 11.3. The van der Waals surface area contributed by atoms with Gasteiger partial charge in [0.2, 0.25) is 5.91 Å². The van der Waals surface area contributed by atoms with Gasteiger partial charge in [0.1, 0.15) is 5.82 Å². The zero-order valence-corrected chi connectivity index (χ0v) is 12.8. The predicted molar refractivity (Wildman–Crippen MR) is 85.2 cm³/mol. The van der Waals surface area contributed by atoms with Gasteiger partial charge in [-0.15, -0.1) is 0 Å². The van der Waals surface area contributed by atoms with Crippen LogP contribution in [0.15, 0.2) is 48.5 Å². The number of halogens is 1. The van der Waals surface area contributed by atoms with Crippen molar-refractivity contribution in [3.8, 4) is 0 Å². The lowest BCUT2D eigenvalue weighted by Crippen LogP contribution is -2.23. The Bertz CT molecular complexity index is 739. The highest BCUT2D eigenvalue weighted by Crippen LogP contribution is 2.08. The van der Waals surface area contributed by atoms with E-state index in [2.05, 4.69) is 5.32 Å². The molecular formula is C18H16FNO4. The monoisotopic (exact) mass is 329 g/mol. The Morgan fingerprint density at radius 1 is 0.875 bits per heavy atom. The minimum atomic E-state index is -1.01. The van der Waals surface area contributed by atoms with Gasteiger partial charge in [-0.3, -0.25) is 9.59 Å². The van der Waals surface area contributed by atoms with Crippen LogP contribution in [-0.2, 0) is 11.3 Å². The molecule has 0 radical (unpaired) electrons. The maximum Gasteiger partial charge on any atom is 0.335 e. The number of carboxylic acid groups (broad SMARTS) is 1. The van der Waals surface area contributed by atoms with Crippen molar-refractivity contribution in [3.63, 3.8) is 0 Å². The fourth-order valence-electron chi connectivity index (χ4n) is 2.06. The molecule has 24 heavy (non-hydrogen) atoms. The number of carboxylic acids is 1. The second-order valence-electron chi connectivity index (χ2n) is 5.21. The lowest BCUT2D eigenvalue weighted by Gasteiger charge is -2.06. The van der Waals surface area contributed by atoms with E-state index >= 15 is 0 Å². The van der Waals surface area contributed by atoms with Gasteiger partial charge in [0, 0.05) is 24.9 Å². The number of Topliss-reactive ketones (excluding diaryl/α,β-unsaturated/α-hetero) is 1. The van der Waals surface area contributed by atoms with Gasteiger partial charge in [-0.2, -0.15) is 0 Å². The van der Waals surface area contributed by atoms with Crippen LogP contribution in [0.25, 0.3) is 0 Å². The SMILES string of the molecule is O=C(CCC(=O)c1ccc(F)cc1)NCc1ccc(C(=O)O)cc1. The smallest absolute Gasteiger partial charge is 0.335 e. The molecule has 2 aromatic rings. The van der Waals surface area contributed by atoms with E-state index in [1.165, 1.54) is 36.4 Å². The standard InChI is InChI=1S/C18H16FNO4/c19-15-7-5-13(6-8-15)16(21)9-10-17(22)20-11-12-1-3-14(4-2-12)18(23)24/h1-8H,9-11H2,(H,20,22)(H,23,24). The van der Waals surface area contributed by atoms with Crippen LogP contribution in [0.4, 0.5) is 4.39 Å². The Balaban J connectivity index is 1.77. The topological polar surface area (TPSA) is 83.5 Å². The molecule has 0 aromatic heterocycles. The van der Waals surface area contributed by atoms with E-state index in [-0.39, 0.29) is 36.6 Å². The Kier molecular flexibility index (Phi) is 5.78. The highest BCUT2D eigenvalue weighted by atomic mass is 19.1. The van der Waals surface area contributed by atoms with Crippen LogP contribution in [0.2, 0.25) is 0 Å². The van der Waals surface area contributed by atoms with Gasteiger partial charge in [-0.25, -0.2) is 9.18 Å². The molecule has 0 aliphatic heterocycles. The molecule has 6 heteroatoms. The van der Waals surface area contributed by atoms with Gasteiger partial charge in [0.25, 0.3) is 0 Å². The summed E-state index contributed by atoms with van der Waals surface area (Å²) in [5, 5.41) is 11.5. The third kappa shape index (κ3) is 5.01. The summed E-state index contributed by atoms with van der Waals surface area (Å²) in [5.74, 6) is -1.94. The second kappa shape index (κ2) is 8.01. The summed E-state index contributed by atoms with van der Waals surface area (Å²) in [4.78, 5) is 34.4. The van der Waals surface area contributed by atoms with Crippen LogP contribution in [0.1, 0.15) is 39.1 Å². The van der Waals surface area contributed by atoms with Gasteiger partial charge in [-0.1, -0.05) is 12.1 Å². The first kappa shape index (κ1) is 17.3. The molecule has 0 unspecified atom stereocenters. The molecule has 0 aliphatic rings. The molecule has 0 bridgehead atoms. The van der Waals surface area contributed by atoms with Gasteiger partial charge in [-0.05, 0) is 42.0 Å². The van der Waals surface area contributed by atoms with Crippen molar-refractivity contribution in [1.29, 1.82) is 0 Å². The van der Waals surface area contributed by atoms with Crippen molar-refractivity contribution in [2.45, 2.75) is 19.4 Å². The average Bonchev–Trinajstić information content (AvgIpc) is 2.58. The molecule has 0 aliphatic carbocycles. The number of hydrogen-bond acceptors (Lipinski definition) is 3. The van der Waals surface area contributed by atoms with Gasteiger partial charge in [0.05, 0.1) is 5.56 Å². The normalized spacial score (nSPS) is 10.2. The first-order valence-electron chi connectivity index (χ1n) is 7.33. The third-order valence-corrected chi connectivity index (χ3v) is 3.44. The molecule has 0 atom stereocenters. The molecule has 0 saturated heterocycles. The number of carbonyl (C=O) groups is 3. The average molecular weight is 329 g/mol. The lowest BCUT2D eigenvalue weighted by molar-refractivity contribution is -0.121. The van der Waals surface area contributed by atoms with Crippen molar-refractivity contribution in [1.82, 2.24) is 5.32 Å². The lowest BCUT2D eigenvalue weighted by atomic mass is 10.1. The minimum absolute atomic E-state index is 0.0312. The largest absolute Gasteiger partial charge is 0.478 e. The van der Waals surface area contributed by atoms with Crippen molar-refractivity contribution in [3.05, 3.63) is 71.0 Å². The minimum Gasteiger partial charge on any atom is -0.478 e. The number of nitrogens with one attached hydrogen (secondary N) is 1. The molecule has 0 heterocycles. The zero-order chi connectivity index (χ0) is 17.5. The molecular weight excluding hydrogens is 313 g/mol. The van der Waals surface area contributed by atoms with Crippen LogP contribution < -0.4 is 5.32 Å². The van der Waals surface area contributed by atoms with Crippen LogP contribution >= 0.6 is 0 Å². The van der Waals surface area contributed by atoms with Crippen LogP contribution in [0, 0.1) is 5.82 Å². The maximum atomic E-state index is 12.8. The Morgan fingerprint density at radius 3 is 2.04 bits per heavy atom. The van der Waals surface area contributed by atoms with Crippen LogP contribution in [0.3, 0.4) is 0 Å². The van der Waals surface area contributed by atoms with E-state index in [1.54, 1.807) is 12.1 Å². The van der Waals surface area contributed by atoms with E-state index in [4.69, 9.17) is 5.11 Å². The number of aromatic carboxylic acids is 1. The van der Waals surface area contributed by atoms with Crippen LogP contribution in [-0.4, -0.2) is 22.8 Å². The summed E-state index contributed by atoms with van der Waals surface area (Å²) in [6.45, 7) is 0.253. The molecule has 0 fully saturated rings. The molecule has 2 N–H and O–H groups in total. The van der Waals surface area contributed by atoms with E-state index in [9.17, 15) is 18.8 Å². The number of rotatable bonds is 7. The van der Waals surface area contributed by atoms with Crippen LogP contribution in [0.5, 0.6) is 0 Å². The number of carbonyl (C=O) groups excluding carboxylic acids is 2. The number of amides is 1. The first-order valence-corrected chi connectivity index (χ1v) is 7.33. The Labute approximate surface area is 138 Å². The molecule has 5 nitrogen and oxygen atoms in total. The Morgan fingerprint density at radius 2 is 1.46 bits per heavy atom. The molecule has 0 spiro atoms. The van der Waals surface area contributed by atoms with Gasteiger partial charge >= 0.3 is 5.97 Å². The highest BCUT2D eigenvalue weighted by molar-refractivity contribution is 5.97. The summed E-state index contributed by atoms with van der Waals surface area (Å²) in [6.07, 6.45) is 0.0683. The molecule has 124 valence electrons. The number of hydrogen-bond donors (Lipinski definition) is 2. The number of ketones is 1. The summed E-state index contributed by atoms with van der Waals surface area (Å²) >= 11 is 0. The molecule has 1 amide bonds. The van der Waals surface area contributed by atoms with E-state index in [0.29, 0.717) is 5.56 Å². The highest BCUT2D eigenvalue weighted by Gasteiger charge is 2.09. The zero-order valence-electron chi connectivity index (χ0n) is 12.8. The van der Waals surface area contributed by atoms with E-state index < -0.39 is 11.8 Å². The Hall–Kier alpha value is -3.02. The van der Waals surface area contributed by atoms with Gasteiger partial charge < -0.3 is 10.4 Å². The van der Waals surface area contributed by atoms with E-state index in [1.807, 2.05) is 0 Å². The van der Waals surface area contributed by atoms with Crippen molar-refractivity contribution >= 4 is 17.7 Å². The van der Waals surface area contributed by atoms with Crippen molar-refractivity contribution < 1.29 is 23.9 Å². The summed E-state index contributed by atoms with van der Waals surface area (Å²) in [7, 11) is 0. The quantitative estimate of drug-likeness (QED) is 0.765. The predicted octanol–water partition coefficient (Wildman–Crippen LogP) is 2.80. The second-order valence-corrected chi connectivity index (χ2v) is 5.21. The fraction of sp³-hybridized carbons (Fsp3) is 0.167.